The van der Waals surface area contributed by atoms with Gasteiger partial charge in [0.25, 0.3) is 0 Å². The molecule has 0 aliphatic rings. The van der Waals surface area contributed by atoms with E-state index in [4.69, 9.17) is 9.97 Å². The lowest BCUT2D eigenvalue weighted by Gasteiger charge is -2.16. The summed E-state index contributed by atoms with van der Waals surface area (Å²) in [4.78, 5) is 10.8. The van der Waals surface area contributed by atoms with Gasteiger partial charge in [0, 0.05) is 43.9 Å². The highest BCUT2D eigenvalue weighted by Gasteiger charge is 2.23. The van der Waals surface area contributed by atoms with Gasteiger partial charge in [-0.3, -0.25) is 0 Å². The van der Waals surface area contributed by atoms with Crippen LogP contribution >= 0.6 is 0 Å². The van der Waals surface area contributed by atoms with Crippen LogP contribution in [0.15, 0.2) is 218 Å². The highest BCUT2D eigenvalue weighted by atomic mass is 15.0. The summed E-state index contributed by atoms with van der Waals surface area (Å²) in [7, 11) is 0. The van der Waals surface area contributed by atoms with Gasteiger partial charge in [-0.2, -0.15) is 0 Å². The number of hydrogen-bond acceptors (Lipinski definition) is 2. The van der Waals surface area contributed by atoms with Crippen molar-refractivity contribution in [1.29, 1.82) is 0 Å². The second-order valence-electron chi connectivity index (χ2n) is 15.4. The summed E-state index contributed by atoms with van der Waals surface area (Å²) in [6, 6.07) is 77.9. The van der Waals surface area contributed by atoms with Crippen molar-refractivity contribution < 1.29 is 0 Å². The fourth-order valence-electron chi connectivity index (χ4n) is 9.17. The Hall–Kier alpha value is -8.08. The van der Waals surface area contributed by atoms with Crippen LogP contribution in [-0.4, -0.2) is 19.1 Å². The third-order valence-electron chi connectivity index (χ3n) is 11.9. The minimum Gasteiger partial charge on any atom is -0.309 e. The summed E-state index contributed by atoms with van der Waals surface area (Å²) in [5, 5.41) is 7.18. The average molecular weight is 765 g/mol. The van der Waals surface area contributed by atoms with Gasteiger partial charge in [0.15, 0.2) is 5.82 Å². The number of benzene rings is 9. The fraction of sp³-hybridized carbons (Fsp3) is 0. The van der Waals surface area contributed by atoms with E-state index in [0.29, 0.717) is 5.82 Å². The Morgan fingerprint density at radius 1 is 0.333 bits per heavy atom. The molecule has 0 saturated heterocycles. The van der Waals surface area contributed by atoms with Gasteiger partial charge in [0.05, 0.1) is 39.1 Å². The minimum absolute atomic E-state index is 0.674. The van der Waals surface area contributed by atoms with Crippen molar-refractivity contribution in [2.24, 2.45) is 0 Å². The van der Waals surface area contributed by atoms with Crippen molar-refractivity contribution >= 4 is 54.4 Å². The SMILES string of the molecule is c1ccc(-c2cccc(-n3c4ccccc4c4c3ccc3c5ccccc5n(-c5ccccc5-c5nc(-c6ccccc6)cc(-c6ccc7ccccc7c6)n5)c34)c2)cc1. The first-order valence-corrected chi connectivity index (χ1v) is 20.4. The monoisotopic (exact) mass is 764 g/mol. The number of para-hydroxylation sites is 3. The first kappa shape index (κ1) is 34.0. The predicted molar refractivity (Wildman–Crippen MR) is 250 cm³/mol. The highest BCUT2D eigenvalue weighted by molar-refractivity contribution is 6.26. The number of nitrogens with zero attached hydrogens (tertiary/aromatic N) is 4. The average Bonchev–Trinajstić information content (AvgIpc) is 3.85. The predicted octanol–water partition coefficient (Wildman–Crippen LogP) is 14.5. The summed E-state index contributed by atoms with van der Waals surface area (Å²) in [5.41, 5.74) is 13.9. The number of rotatable bonds is 6. The van der Waals surface area contributed by atoms with E-state index in [0.717, 1.165) is 61.5 Å². The summed E-state index contributed by atoms with van der Waals surface area (Å²) in [6.45, 7) is 0. The number of hydrogen-bond donors (Lipinski definition) is 0. The molecule has 0 spiro atoms. The zero-order valence-electron chi connectivity index (χ0n) is 32.6. The lowest BCUT2D eigenvalue weighted by atomic mass is 10.0. The summed E-state index contributed by atoms with van der Waals surface area (Å²) < 4.78 is 4.88. The van der Waals surface area contributed by atoms with Crippen molar-refractivity contribution in [1.82, 2.24) is 19.1 Å². The van der Waals surface area contributed by atoms with Crippen molar-refractivity contribution in [3.63, 3.8) is 0 Å². The second kappa shape index (κ2) is 13.8. The number of fused-ring (bicyclic) bond motifs is 8. The van der Waals surface area contributed by atoms with Gasteiger partial charge >= 0.3 is 0 Å². The minimum atomic E-state index is 0.674. The zero-order chi connectivity index (χ0) is 39.6. The highest BCUT2D eigenvalue weighted by Crippen LogP contribution is 2.44. The van der Waals surface area contributed by atoms with Crippen LogP contribution in [0.25, 0.3) is 111 Å². The van der Waals surface area contributed by atoms with E-state index in [2.05, 4.69) is 221 Å². The molecular weight excluding hydrogens is 729 g/mol. The van der Waals surface area contributed by atoms with E-state index in [1.165, 1.54) is 43.4 Å². The Morgan fingerprint density at radius 3 is 1.78 bits per heavy atom. The maximum Gasteiger partial charge on any atom is 0.162 e. The normalized spacial score (nSPS) is 11.7. The lowest BCUT2D eigenvalue weighted by Crippen LogP contribution is -2.02. The molecule has 0 N–H and O–H groups in total. The Morgan fingerprint density at radius 2 is 0.967 bits per heavy atom. The molecule has 3 aromatic heterocycles. The van der Waals surface area contributed by atoms with Crippen LogP contribution in [-0.2, 0) is 0 Å². The Bertz CT molecular complexity index is 3600. The van der Waals surface area contributed by atoms with Crippen LogP contribution in [0.3, 0.4) is 0 Å². The molecule has 12 aromatic rings. The molecule has 12 rings (SSSR count). The molecule has 9 aromatic carbocycles. The van der Waals surface area contributed by atoms with Gasteiger partial charge in [-0.15, -0.1) is 0 Å². The Kier molecular flexibility index (Phi) is 7.82. The molecule has 0 atom stereocenters. The smallest absolute Gasteiger partial charge is 0.162 e. The molecule has 0 saturated carbocycles. The quantitative estimate of drug-likeness (QED) is 0.169. The molecule has 0 unspecified atom stereocenters. The summed E-state index contributed by atoms with van der Waals surface area (Å²) >= 11 is 0. The third-order valence-corrected chi connectivity index (χ3v) is 11.9. The van der Waals surface area contributed by atoms with Crippen LogP contribution in [0, 0.1) is 0 Å². The van der Waals surface area contributed by atoms with E-state index >= 15 is 0 Å². The molecule has 0 aliphatic heterocycles. The van der Waals surface area contributed by atoms with Crippen LogP contribution in [0.1, 0.15) is 0 Å². The zero-order valence-corrected chi connectivity index (χ0v) is 32.6. The largest absolute Gasteiger partial charge is 0.309 e. The van der Waals surface area contributed by atoms with E-state index in [-0.39, 0.29) is 0 Å². The molecule has 4 heteroatoms. The van der Waals surface area contributed by atoms with Gasteiger partial charge in [-0.05, 0) is 76.5 Å². The van der Waals surface area contributed by atoms with Gasteiger partial charge in [-0.25, -0.2) is 9.97 Å². The summed E-state index contributed by atoms with van der Waals surface area (Å²) in [6.07, 6.45) is 0. The Labute approximate surface area is 346 Å². The summed E-state index contributed by atoms with van der Waals surface area (Å²) in [5.74, 6) is 0.674. The van der Waals surface area contributed by atoms with Crippen LogP contribution in [0.4, 0.5) is 0 Å². The molecular formula is C56H36N4. The van der Waals surface area contributed by atoms with Crippen molar-refractivity contribution in [3.8, 4) is 56.4 Å². The van der Waals surface area contributed by atoms with Crippen LogP contribution in [0.5, 0.6) is 0 Å². The molecule has 0 aliphatic carbocycles. The molecule has 0 radical (unpaired) electrons. The molecule has 60 heavy (non-hydrogen) atoms. The molecule has 4 nitrogen and oxygen atoms in total. The van der Waals surface area contributed by atoms with Crippen LogP contribution < -0.4 is 0 Å². The maximum atomic E-state index is 5.40. The standard InChI is InChI=1S/C56H36N4/c1-3-16-37(17-4-1)41-22-15-23-43(35-41)59-51-28-13-10-25-46(51)54-53(59)33-32-45-44-24-9-12-27-50(44)60(55(45)54)52-29-14-11-26-47(52)56-57-48(39-19-5-2-6-20-39)36-49(58-56)42-31-30-38-18-7-8-21-40(38)34-42/h1-36H. The van der Waals surface area contributed by atoms with Gasteiger partial charge in [-0.1, -0.05) is 164 Å². The van der Waals surface area contributed by atoms with Gasteiger partial charge in [0.2, 0.25) is 0 Å². The third kappa shape index (κ3) is 5.46. The van der Waals surface area contributed by atoms with Crippen molar-refractivity contribution in [2.75, 3.05) is 0 Å². The van der Waals surface area contributed by atoms with E-state index in [9.17, 15) is 0 Å². The van der Waals surface area contributed by atoms with E-state index in [1.807, 2.05) is 6.07 Å². The first-order valence-electron chi connectivity index (χ1n) is 20.4. The van der Waals surface area contributed by atoms with E-state index < -0.39 is 0 Å². The fourth-order valence-corrected chi connectivity index (χ4v) is 9.17. The number of aromatic nitrogens is 4. The molecule has 0 amide bonds. The second-order valence-corrected chi connectivity index (χ2v) is 15.4. The molecule has 3 heterocycles. The topological polar surface area (TPSA) is 35.6 Å². The van der Waals surface area contributed by atoms with Crippen molar-refractivity contribution in [2.45, 2.75) is 0 Å². The maximum absolute atomic E-state index is 5.40. The molecule has 280 valence electrons. The van der Waals surface area contributed by atoms with E-state index in [1.54, 1.807) is 0 Å². The lowest BCUT2D eigenvalue weighted by molar-refractivity contribution is 1.14. The first-order chi connectivity index (χ1) is 29.8. The van der Waals surface area contributed by atoms with Crippen molar-refractivity contribution in [3.05, 3.63) is 218 Å². The van der Waals surface area contributed by atoms with Gasteiger partial charge < -0.3 is 9.13 Å². The van der Waals surface area contributed by atoms with Gasteiger partial charge in [0.1, 0.15) is 0 Å². The molecule has 0 fully saturated rings. The molecule has 0 bridgehead atoms. The Balaban J connectivity index is 1.14. The van der Waals surface area contributed by atoms with Crippen LogP contribution in [0.2, 0.25) is 0 Å².